The molecule has 1 N–H and O–H groups in total. The normalized spacial score (nSPS) is 13.2. The summed E-state index contributed by atoms with van der Waals surface area (Å²) < 4.78 is 26.6. The number of benzene rings is 1. The van der Waals surface area contributed by atoms with Crippen LogP contribution in [0.1, 0.15) is 5.01 Å². The van der Waals surface area contributed by atoms with Crippen LogP contribution in [-0.2, 0) is 0 Å². The molecule has 2 rings (SSSR count). The Balaban J connectivity index is 2.62. The van der Waals surface area contributed by atoms with Crippen LogP contribution in [0.3, 0.4) is 0 Å². The average molecular weight is 331 g/mol. The molecule has 92 valence electrons. The Labute approximate surface area is 113 Å². The van der Waals surface area contributed by atoms with Crippen molar-refractivity contribution in [2.45, 2.75) is 4.83 Å². The molecular formula is C11H5BrF2N2OS. The quantitative estimate of drug-likeness (QED) is 0.513. The van der Waals surface area contributed by atoms with Gasteiger partial charge in [0.15, 0.2) is 5.76 Å². The largest absolute Gasteiger partial charge is 0.505 e. The molecule has 2 aromatic rings. The number of aliphatic hydroxyl groups is 1. The number of para-hydroxylation sites is 1. The molecule has 0 spiro atoms. The van der Waals surface area contributed by atoms with Crippen molar-refractivity contribution in [1.82, 2.24) is 4.98 Å². The second-order valence-corrected chi connectivity index (χ2v) is 5.35. The van der Waals surface area contributed by atoms with Crippen molar-refractivity contribution in [3.63, 3.8) is 0 Å². The van der Waals surface area contributed by atoms with E-state index in [0.717, 1.165) is 16.0 Å². The van der Waals surface area contributed by atoms with Gasteiger partial charge in [0, 0.05) is 0 Å². The van der Waals surface area contributed by atoms with Gasteiger partial charge in [-0.05, 0) is 28.1 Å². The van der Waals surface area contributed by atoms with Gasteiger partial charge in [-0.15, -0.1) is 11.3 Å². The summed E-state index contributed by atoms with van der Waals surface area (Å²) in [7, 11) is 0. The van der Waals surface area contributed by atoms with E-state index in [2.05, 4.69) is 4.98 Å². The number of fused-ring (bicyclic) bond motifs is 1. The number of aliphatic hydroxyl groups excluding tert-OH is 1. The van der Waals surface area contributed by atoms with Gasteiger partial charge in [-0.3, -0.25) is 0 Å². The number of allylic oxidation sites excluding steroid dienone is 2. The number of hydrogen-bond donors (Lipinski definition) is 1. The van der Waals surface area contributed by atoms with E-state index >= 15 is 0 Å². The van der Waals surface area contributed by atoms with Gasteiger partial charge >= 0.3 is 4.83 Å². The number of nitriles is 1. The first-order valence-electron chi connectivity index (χ1n) is 4.70. The van der Waals surface area contributed by atoms with Crippen molar-refractivity contribution in [1.29, 1.82) is 5.26 Å². The molecule has 0 aliphatic rings. The number of alkyl halides is 3. The van der Waals surface area contributed by atoms with E-state index in [9.17, 15) is 13.9 Å². The molecular weight excluding hydrogens is 326 g/mol. The summed E-state index contributed by atoms with van der Waals surface area (Å²) in [4.78, 5) is 0.400. The van der Waals surface area contributed by atoms with Crippen LogP contribution in [0.5, 0.6) is 0 Å². The van der Waals surface area contributed by atoms with E-state index < -0.39 is 16.2 Å². The smallest absolute Gasteiger partial charge is 0.358 e. The van der Waals surface area contributed by atoms with Crippen molar-refractivity contribution in [2.24, 2.45) is 0 Å². The average Bonchev–Trinajstić information content (AvgIpc) is 2.71. The predicted octanol–water partition coefficient (Wildman–Crippen LogP) is 4.08. The highest BCUT2D eigenvalue weighted by atomic mass is 79.9. The lowest BCUT2D eigenvalue weighted by atomic mass is 10.2. The Bertz CT molecular complexity index is 636. The summed E-state index contributed by atoms with van der Waals surface area (Å²) in [5.74, 6) is -1.33. The molecule has 0 radical (unpaired) electrons. The summed E-state index contributed by atoms with van der Waals surface area (Å²) in [5, 5.41) is 18.3. The maximum atomic E-state index is 12.9. The van der Waals surface area contributed by atoms with Crippen LogP contribution in [0.15, 0.2) is 30.0 Å². The van der Waals surface area contributed by atoms with Crippen molar-refractivity contribution >= 4 is 43.1 Å². The fourth-order valence-corrected chi connectivity index (χ4v) is 2.48. The van der Waals surface area contributed by atoms with Crippen LogP contribution in [0, 0.1) is 11.3 Å². The van der Waals surface area contributed by atoms with Gasteiger partial charge in [0.2, 0.25) is 0 Å². The van der Waals surface area contributed by atoms with Crippen LogP contribution in [-0.4, -0.2) is 14.9 Å². The van der Waals surface area contributed by atoms with Gasteiger partial charge < -0.3 is 5.11 Å². The fourth-order valence-electron chi connectivity index (χ4n) is 1.32. The third kappa shape index (κ3) is 2.35. The summed E-state index contributed by atoms with van der Waals surface area (Å²) in [6.45, 7) is 0. The van der Waals surface area contributed by atoms with Crippen LogP contribution in [0.25, 0.3) is 15.8 Å². The fraction of sp³-hybridized carbons (Fsp3) is 0.0909. The Hall–Kier alpha value is -1.52. The van der Waals surface area contributed by atoms with Crippen LogP contribution in [0.4, 0.5) is 8.78 Å². The molecule has 1 aromatic heterocycles. The lowest BCUT2D eigenvalue weighted by Gasteiger charge is -2.07. The maximum Gasteiger partial charge on any atom is 0.358 e. The summed E-state index contributed by atoms with van der Waals surface area (Å²) in [5.41, 5.74) is 0.0639. The van der Waals surface area contributed by atoms with E-state index in [1.807, 2.05) is 15.9 Å². The highest BCUT2D eigenvalue weighted by molar-refractivity contribution is 9.10. The molecule has 1 heterocycles. The standard InChI is InChI=1S/C11H5BrF2N2OS/c12-11(13,14)9(17)6(5-15)10-16-7-3-1-2-4-8(7)18-10/h1-4,17H. The first kappa shape index (κ1) is 12.9. The van der Waals surface area contributed by atoms with Gasteiger partial charge in [-0.2, -0.15) is 14.0 Å². The third-order valence-corrected chi connectivity index (χ3v) is 3.55. The number of rotatable bonds is 2. The molecule has 18 heavy (non-hydrogen) atoms. The summed E-state index contributed by atoms with van der Waals surface area (Å²) in [6.07, 6.45) is 0. The van der Waals surface area contributed by atoms with Gasteiger partial charge in [-0.1, -0.05) is 12.1 Å². The maximum absolute atomic E-state index is 12.9. The molecule has 3 nitrogen and oxygen atoms in total. The zero-order valence-electron chi connectivity index (χ0n) is 8.69. The Kier molecular flexibility index (Phi) is 3.32. The highest BCUT2D eigenvalue weighted by Crippen LogP contribution is 2.36. The van der Waals surface area contributed by atoms with Gasteiger partial charge in [-0.25, -0.2) is 4.98 Å². The molecule has 1 aromatic carbocycles. The molecule has 0 saturated carbocycles. The molecule has 0 aliphatic carbocycles. The van der Waals surface area contributed by atoms with Crippen molar-refractivity contribution in [3.05, 3.63) is 35.0 Å². The molecule has 7 heteroatoms. The monoisotopic (exact) mass is 330 g/mol. The molecule has 0 amide bonds. The van der Waals surface area contributed by atoms with E-state index in [1.54, 1.807) is 30.3 Å². The first-order valence-corrected chi connectivity index (χ1v) is 6.31. The third-order valence-electron chi connectivity index (χ3n) is 2.12. The molecule has 0 fully saturated rings. The highest BCUT2D eigenvalue weighted by Gasteiger charge is 2.34. The number of hydrogen-bond acceptors (Lipinski definition) is 4. The first-order chi connectivity index (χ1) is 8.43. The molecule has 0 aliphatic heterocycles. The summed E-state index contributed by atoms with van der Waals surface area (Å²) >= 11 is 3.08. The van der Waals surface area contributed by atoms with Crippen LogP contribution < -0.4 is 0 Å². The SMILES string of the molecule is N#CC(=C(O)C(F)(F)Br)c1nc2ccccc2s1. The number of nitrogens with zero attached hydrogens (tertiary/aromatic N) is 2. The second kappa shape index (κ2) is 4.63. The minimum Gasteiger partial charge on any atom is -0.505 e. The lowest BCUT2D eigenvalue weighted by molar-refractivity contribution is 0.102. The van der Waals surface area contributed by atoms with Crippen molar-refractivity contribution in [3.8, 4) is 6.07 Å². The second-order valence-electron chi connectivity index (χ2n) is 3.32. The Morgan fingerprint density at radius 2 is 2.11 bits per heavy atom. The number of aromatic nitrogens is 1. The van der Waals surface area contributed by atoms with E-state index in [4.69, 9.17) is 5.26 Å². The molecule has 0 unspecified atom stereocenters. The van der Waals surface area contributed by atoms with E-state index in [1.165, 1.54) is 0 Å². The number of thiazole rings is 1. The molecule has 0 atom stereocenters. The Morgan fingerprint density at radius 3 is 2.67 bits per heavy atom. The van der Waals surface area contributed by atoms with Crippen LogP contribution >= 0.6 is 27.3 Å². The van der Waals surface area contributed by atoms with Gasteiger partial charge in [0.1, 0.15) is 16.6 Å². The zero-order valence-corrected chi connectivity index (χ0v) is 11.1. The minimum absolute atomic E-state index is 0.0651. The number of halogens is 3. The molecule has 0 saturated heterocycles. The predicted molar refractivity (Wildman–Crippen MR) is 68.7 cm³/mol. The van der Waals surface area contributed by atoms with E-state index in [-0.39, 0.29) is 5.01 Å². The topological polar surface area (TPSA) is 56.9 Å². The lowest BCUT2D eigenvalue weighted by Crippen LogP contribution is -2.11. The van der Waals surface area contributed by atoms with Crippen LogP contribution in [0.2, 0.25) is 0 Å². The Morgan fingerprint density at radius 1 is 1.44 bits per heavy atom. The van der Waals surface area contributed by atoms with E-state index in [0.29, 0.717) is 5.52 Å². The van der Waals surface area contributed by atoms with Crippen molar-refractivity contribution in [2.75, 3.05) is 0 Å². The zero-order chi connectivity index (χ0) is 13.3. The van der Waals surface area contributed by atoms with Gasteiger partial charge in [0.05, 0.1) is 10.2 Å². The van der Waals surface area contributed by atoms with Gasteiger partial charge in [0.25, 0.3) is 0 Å². The van der Waals surface area contributed by atoms with Crippen molar-refractivity contribution < 1.29 is 13.9 Å². The summed E-state index contributed by atoms with van der Waals surface area (Å²) in [6, 6.07) is 8.54. The molecule has 0 bridgehead atoms. The minimum atomic E-state index is -3.64.